The van der Waals surface area contributed by atoms with E-state index in [0.29, 0.717) is 0 Å². The second-order valence-corrected chi connectivity index (χ2v) is 4.37. The summed E-state index contributed by atoms with van der Waals surface area (Å²) in [4.78, 5) is 4.30. The quantitative estimate of drug-likeness (QED) is 0.737. The zero-order valence-corrected chi connectivity index (χ0v) is 10.6. The lowest BCUT2D eigenvalue weighted by atomic mass is 9.99. The summed E-state index contributed by atoms with van der Waals surface area (Å²) < 4.78 is 0. The average molecular weight is 236 g/mol. The lowest BCUT2D eigenvalue weighted by molar-refractivity contribution is 0.418. The molecule has 0 aliphatic carbocycles. The molecule has 1 N–H and O–H groups in total. The Morgan fingerprint density at radius 2 is 2.12 bits per heavy atom. The van der Waals surface area contributed by atoms with Crippen LogP contribution in [0.5, 0.6) is 0 Å². The fourth-order valence-electron chi connectivity index (χ4n) is 1.85. The number of nitrogens with one attached hydrogen (secondary N) is 1. The SMILES string of the molecule is C.CCCCC(CC)CNCc1ccccn1. The van der Waals surface area contributed by atoms with Gasteiger partial charge in [-0.2, -0.15) is 0 Å². The molecule has 0 fully saturated rings. The Morgan fingerprint density at radius 1 is 1.29 bits per heavy atom. The number of rotatable bonds is 8. The molecule has 0 saturated heterocycles. The number of nitrogens with zero attached hydrogens (tertiary/aromatic N) is 1. The van der Waals surface area contributed by atoms with Crippen LogP contribution in [0.1, 0.15) is 52.7 Å². The maximum atomic E-state index is 4.30. The van der Waals surface area contributed by atoms with Crippen LogP contribution in [0, 0.1) is 5.92 Å². The minimum atomic E-state index is 0. The van der Waals surface area contributed by atoms with Crippen LogP contribution in [0.2, 0.25) is 0 Å². The zero-order valence-electron chi connectivity index (χ0n) is 10.6. The Morgan fingerprint density at radius 3 is 2.71 bits per heavy atom. The maximum Gasteiger partial charge on any atom is 0.0541 e. The second-order valence-electron chi connectivity index (χ2n) is 4.37. The summed E-state index contributed by atoms with van der Waals surface area (Å²) in [7, 11) is 0. The molecule has 98 valence electrons. The van der Waals surface area contributed by atoms with Crippen molar-refractivity contribution in [3.63, 3.8) is 0 Å². The summed E-state index contributed by atoms with van der Waals surface area (Å²) in [6.07, 6.45) is 7.13. The predicted octanol–water partition coefficient (Wildman–Crippen LogP) is 4.02. The van der Waals surface area contributed by atoms with E-state index in [1.165, 1.54) is 25.7 Å². The van der Waals surface area contributed by atoms with Gasteiger partial charge < -0.3 is 5.32 Å². The van der Waals surface area contributed by atoms with E-state index in [1.54, 1.807) is 0 Å². The summed E-state index contributed by atoms with van der Waals surface area (Å²) in [6, 6.07) is 6.07. The Hall–Kier alpha value is -0.890. The van der Waals surface area contributed by atoms with Gasteiger partial charge in [0.25, 0.3) is 0 Å². The van der Waals surface area contributed by atoms with Crippen LogP contribution in [0.15, 0.2) is 24.4 Å². The van der Waals surface area contributed by atoms with Gasteiger partial charge >= 0.3 is 0 Å². The van der Waals surface area contributed by atoms with Gasteiger partial charge in [0.15, 0.2) is 0 Å². The summed E-state index contributed by atoms with van der Waals surface area (Å²) >= 11 is 0. The summed E-state index contributed by atoms with van der Waals surface area (Å²) in [5.41, 5.74) is 1.13. The van der Waals surface area contributed by atoms with Gasteiger partial charge in [0, 0.05) is 12.7 Å². The molecule has 0 amide bonds. The van der Waals surface area contributed by atoms with E-state index in [4.69, 9.17) is 0 Å². The number of hydrogen-bond acceptors (Lipinski definition) is 2. The van der Waals surface area contributed by atoms with Crippen molar-refractivity contribution >= 4 is 0 Å². The van der Waals surface area contributed by atoms with Crippen LogP contribution in [-0.4, -0.2) is 11.5 Å². The van der Waals surface area contributed by atoms with Crippen molar-refractivity contribution in [2.75, 3.05) is 6.54 Å². The van der Waals surface area contributed by atoms with Crippen LogP contribution < -0.4 is 5.32 Å². The van der Waals surface area contributed by atoms with Crippen molar-refractivity contribution in [1.29, 1.82) is 0 Å². The fraction of sp³-hybridized carbons (Fsp3) is 0.667. The molecule has 0 bridgehead atoms. The van der Waals surface area contributed by atoms with Crippen molar-refractivity contribution in [2.45, 2.75) is 53.5 Å². The van der Waals surface area contributed by atoms with E-state index < -0.39 is 0 Å². The molecule has 0 spiro atoms. The molecule has 1 unspecified atom stereocenters. The molecule has 1 aromatic rings. The zero-order chi connectivity index (χ0) is 11.6. The minimum Gasteiger partial charge on any atom is -0.311 e. The van der Waals surface area contributed by atoms with Crippen molar-refractivity contribution in [2.24, 2.45) is 5.92 Å². The molecular formula is C15H28N2. The molecule has 0 aromatic carbocycles. The van der Waals surface area contributed by atoms with Crippen molar-refractivity contribution < 1.29 is 0 Å². The highest BCUT2D eigenvalue weighted by atomic mass is 14.9. The maximum absolute atomic E-state index is 4.30. The van der Waals surface area contributed by atoms with Gasteiger partial charge in [-0.3, -0.25) is 4.98 Å². The Labute approximate surface area is 107 Å². The molecule has 2 heteroatoms. The second kappa shape index (κ2) is 10.3. The topological polar surface area (TPSA) is 24.9 Å². The van der Waals surface area contributed by atoms with E-state index in [0.717, 1.165) is 24.7 Å². The molecule has 0 radical (unpaired) electrons. The van der Waals surface area contributed by atoms with Gasteiger partial charge in [-0.1, -0.05) is 46.6 Å². The third kappa shape index (κ3) is 7.11. The molecule has 0 aliphatic heterocycles. The van der Waals surface area contributed by atoms with Crippen LogP contribution in [0.3, 0.4) is 0 Å². The molecule has 0 aliphatic rings. The van der Waals surface area contributed by atoms with E-state index in [9.17, 15) is 0 Å². The highest BCUT2D eigenvalue weighted by Gasteiger charge is 2.04. The third-order valence-electron chi connectivity index (χ3n) is 3.01. The number of aromatic nitrogens is 1. The fourth-order valence-corrected chi connectivity index (χ4v) is 1.85. The smallest absolute Gasteiger partial charge is 0.0541 e. The molecular weight excluding hydrogens is 208 g/mol. The monoisotopic (exact) mass is 236 g/mol. The first kappa shape index (κ1) is 16.1. The lowest BCUT2D eigenvalue weighted by Crippen LogP contribution is -2.22. The summed E-state index contributed by atoms with van der Waals surface area (Å²) in [5.74, 6) is 0.823. The van der Waals surface area contributed by atoms with Crippen molar-refractivity contribution in [3.05, 3.63) is 30.1 Å². The Balaban J connectivity index is 0.00000256. The number of pyridine rings is 1. The first-order valence-electron chi connectivity index (χ1n) is 6.47. The standard InChI is InChI=1S/C14H24N2.CH4/c1-3-5-8-13(4-2)11-15-12-14-9-6-7-10-16-14;/h6-7,9-10,13,15H,3-5,8,11-12H2,1-2H3;1H4. The first-order valence-corrected chi connectivity index (χ1v) is 6.47. The summed E-state index contributed by atoms with van der Waals surface area (Å²) in [6.45, 7) is 6.55. The minimum absolute atomic E-state index is 0. The van der Waals surface area contributed by atoms with Crippen LogP contribution >= 0.6 is 0 Å². The third-order valence-corrected chi connectivity index (χ3v) is 3.01. The molecule has 1 heterocycles. The molecule has 0 saturated carbocycles. The number of unbranched alkanes of at least 4 members (excludes halogenated alkanes) is 1. The normalized spacial score (nSPS) is 11.9. The van der Waals surface area contributed by atoms with Gasteiger partial charge in [-0.15, -0.1) is 0 Å². The van der Waals surface area contributed by atoms with Crippen LogP contribution in [-0.2, 0) is 6.54 Å². The van der Waals surface area contributed by atoms with Crippen LogP contribution in [0.25, 0.3) is 0 Å². The van der Waals surface area contributed by atoms with Crippen LogP contribution in [0.4, 0.5) is 0 Å². The van der Waals surface area contributed by atoms with Gasteiger partial charge in [-0.25, -0.2) is 0 Å². The summed E-state index contributed by atoms with van der Waals surface area (Å²) in [5, 5.41) is 3.50. The highest BCUT2D eigenvalue weighted by Crippen LogP contribution is 2.11. The van der Waals surface area contributed by atoms with Gasteiger partial charge in [0.05, 0.1) is 5.69 Å². The van der Waals surface area contributed by atoms with Gasteiger partial charge in [-0.05, 0) is 31.0 Å². The van der Waals surface area contributed by atoms with Gasteiger partial charge in [0.2, 0.25) is 0 Å². The highest BCUT2D eigenvalue weighted by molar-refractivity contribution is 5.02. The van der Waals surface area contributed by atoms with Gasteiger partial charge in [0.1, 0.15) is 0 Å². The number of hydrogen-bond donors (Lipinski definition) is 1. The Bertz CT molecular complexity index is 259. The van der Waals surface area contributed by atoms with E-state index in [-0.39, 0.29) is 7.43 Å². The molecule has 1 aromatic heterocycles. The predicted molar refractivity (Wildman–Crippen MR) is 76.0 cm³/mol. The molecule has 1 atom stereocenters. The molecule has 1 rings (SSSR count). The van der Waals surface area contributed by atoms with E-state index >= 15 is 0 Å². The van der Waals surface area contributed by atoms with E-state index in [1.807, 2.05) is 18.3 Å². The lowest BCUT2D eigenvalue weighted by Gasteiger charge is -2.14. The average Bonchev–Trinajstić information content (AvgIpc) is 2.35. The Kier molecular flexibility index (Phi) is 9.74. The molecule has 2 nitrogen and oxygen atoms in total. The largest absolute Gasteiger partial charge is 0.311 e. The van der Waals surface area contributed by atoms with E-state index in [2.05, 4.69) is 30.2 Å². The first-order chi connectivity index (χ1) is 7.86. The van der Waals surface area contributed by atoms with Crippen molar-refractivity contribution in [1.82, 2.24) is 10.3 Å². The molecule has 17 heavy (non-hydrogen) atoms. The van der Waals surface area contributed by atoms with Crippen molar-refractivity contribution in [3.8, 4) is 0 Å².